The number of hydrogen-bond acceptors (Lipinski definition) is 2. The van der Waals surface area contributed by atoms with E-state index in [0.29, 0.717) is 6.42 Å². The summed E-state index contributed by atoms with van der Waals surface area (Å²) in [5, 5.41) is 0. The molecule has 1 fully saturated rings. The van der Waals surface area contributed by atoms with E-state index in [1.54, 1.807) is 0 Å². The monoisotopic (exact) mass is 378 g/mol. The Hall–Kier alpha value is -1.38. The highest BCUT2D eigenvalue weighted by Crippen LogP contribution is 2.68. The molecule has 1 aliphatic carbocycles. The van der Waals surface area contributed by atoms with Crippen LogP contribution in [0.25, 0.3) is 0 Å². The van der Waals surface area contributed by atoms with E-state index >= 15 is 0 Å². The Morgan fingerprint density at radius 3 is 1.40 bits per heavy atom. The largest absolute Gasteiger partial charge is 0.494 e. The van der Waals surface area contributed by atoms with Crippen LogP contribution in [0.2, 0.25) is 0 Å². The fourth-order valence-corrected chi connectivity index (χ4v) is 4.03. The lowest BCUT2D eigenvalue weighted by atomic mass is 9.88. The molecule has 0 atom stereocenters. The fraction of sp³-hybridized carbons (Fsp3) is 0.429. The van der Waals surface area contributed by atoms with Gasteiger partial charge >= 0.3 is 0 Å². The van der Waals surface area contributed by atoms with Gasteiger partial charge in [-0.2, -0.15) is 0 Å². The predicted molar refractivity (Wildman–Crippen MR) is 104 cm³/mol. The maximum atomic E-state index is 6.58. The van der Waals surface area contributed by atoms with E-state index in [1.807, 2.05) is 24.3 Å². The molecule has 0 heterocycles. The molecule has 0 saturated heterocycles. The minimum Gasteiger partial charge on any atom is -0.494 e. The second-order valence-corrected chi connectivity index (χ2v) is 8.02. The minimum atomic E-state index is -0.787. The van der Waals surface area contributed by atoms with Crippen LogP contribution in [-0.4, -0.2) is 17.5 Å². The number of rotatable bonds is 8. The number of hydrogen-bond donors (Lipinski definition) is 0. The van der Waals surface area contributed by atoms with Gasteiger partial charge < -0.3 is 9.47 Å². The van der Waals surface area contributed by atoms with Crippen LogP contribution in [0.15, 0.2) is 48.5 Å². The standard InChI is InChI=1S/C21H24Cl2O2/c1-3-13-24-18-9-5-16(6-10-18)20(15-21(20,22)23)17-7-11-19(12-8-17)25-14-4-2/h5-12H,3-4,13-15H2,1-2H3. The highest BCUT2D eigenvalue weighted by atomic mass is 35.5. The van der Waals surface area contributed by atoms with Gasteiger partial charge in [0, 0.05) is 0 Å². The van der Waals surface area contributed by atoms with Gasteiger partial charge in [0.2, 0.25) is 0 Å². The molecule has 25 heavy (non-hydrogen) atoms. The summed E-state index contributed by atoms with van der Waals surface area (Å²) in [7, 11) is 0. The Balaban J connectivity index is 1.85. The number of benzene rings is 2. The van der Waals surface area contributed by atoms with Crippen LogP contribution < -0.4 is 9.47 Å². The average molecular weight is 379 g/mol. The smallest absolute Gasteiger partial charge is 0.133 e. The highest BCUT2D eigenvalue weighted by Gasteiger charge is 2.68. The molecular formula is C21H24Cl2O2. The molecule has 0 unspecified atom stereocenters. The summed E-state index contributed by atoms with van der Waals surface area (Å²) < 4.78 is 10.6. The molecule has 1 saturated carbocycles. The third kappa shape index (κ3) is 3.61. The maximum absolute atomic E-state index is 6.58. The van der Waals surface area contributed by atoms with Gasteiger partial charge in [-0.3, -0.25) is 0 Å². The second-order valence-electron chi connectivity index (χ2n) is 6.53. The van der Waals surface area contributed by atoms with Crippen LogP contribution in [0.4, 0.5) is 0 Å². The third-order valence-electron chi connectivity index (χ3n) is 4.63. The quantitative estimate of drug-likeness (QED) is 0.514. The van der Waals surface area contributed by atoms with Crippen molar-refractivity contribution in [3.8, 4) is 11.5 Å². The molecule has 0 radical (unpaired) electrons. The summed E-state index contributed by atoms with van der Waals surface area (Å²) in [5.74, 6) is 1.75. The van der Waals surface area contributed by atoms with Gasteiger partial charge in [0.05, 0.1) is 18.6 Å². The zero-order valence-corrected chi connectivity index (χ0v) is 16.2. The van der Waals surface area contributed by atoms with Crippen molar-refractivity contribution in [2.75, 3.05) is 13.2 Å². The van der Waals surface area contributed by atoms with Gasteiger partial charge in [-0.15, -0.1) is 23.2 Å². The van der Waals surface area contributed by atoms with Crippen molar-refractivity contribution < 1.29 is 9.47 Å². The Morgan fingerprint density at radius 2 is 1.12 bits per heavy atom. The Morgan fingerprint density at radius 1 is 0.760 bits per heavy atom. The van der Waals surface area contributed by atoms with E-state index in [0.717, 1.165) is 48.7 Å². The Bertz CT molecular complexity index is 641. The topological polar surface area (TPSA) is 18.5 Å². The lowest BCUT2D eigenvalue weighted by molar-refractivity contribution is 0.317. The van der Waals surface area contributed by atoms with Crippen molar-refractivity contribution in [3.05, 3.63) is 59.7 Å². The molecule has 0 amide bonds. The highest BCUT2D eigenvalue weighted by molar-refractivity contribution is 6.52. The fourth-order valence-electron chi connectivity index (χ4n) is 3.19. The normalized spacial score (nSPS) is 17.1. The molecule has 1 aliphatic rings. The Kier molecular flexibility index (Phi) is 5.50. The van der Waals surface area contributed by atoms with Crippen molar-refractivity contribution in [3.63, 3.8) is 0 Å². The zero-order chi connectivity index (χ0) is 17.9. The maximum Gasteiger partial charge on any atom is 0.133 e. The third-order valence-corrected chi connectivity index (χ3v) is 5.54. The molecule has 134 valence electrons. The molecule has 2 nitrogen and oxygen atoms in total. The van der Waals surface area contributed by atoms with Gasteiger partial charge in [-0.25, -0.2) is 0 Å². The second kappa shape index (κ2) is 7.47. The summed E-state index contributed by atoms with van der Waals surface area (Å²) in [6, 6.07) is 16.2. The number of halogens is 2. The summed E-state index contributed by atoms with van der Waals surface area (Å²) in [6.07, 6.45) is 2.68. The van der Waals surface area contributed by atoms with E-state index in [-0.39, 0.29) is 5.41 Å². The van der Waals surface area contributed by atoms with E-state index in [2.05, 4.69) is 38.1 Å². The van der Waals surface area contributed by atoms with E-state index in [9.17, 15) is 0 Å². The summed E-state index contributed by atoms with van der Waals surface area (Å²) in [6.45, 7) is 5.63. The number of alkyl halides is 2. The van der Waals surface area contributed by atoms with Crippen LogP contribution in [0.3, 0.4) is 0 Å². The summed E-state index contributed by atoms with van der Waals surface area (Å²) >= 11 is 13.2. The molecule has 2 aromatic rings. The van der Waals surface area contributed by atoms with Crippen LogP contribution in [0.5, 0.6) is 11.5 Å². The molecule has 0 bridgehead atoms. The lowest BCUT2D eigenvalue weighted by Gasteiger charge is -2.20. The first-order valence-electron chi connectivity index (χ1n) is 8.88. The molecule has 0 aromatic heterocycles. The first-order valence-corrected chi connectivity index (χ1v) is 9.63. The molecule has 0 N–H and O–H groups in total. The van der Waals surface area contributed by atoms with Crippen molar-refractivity contribution >= 4 is 23.2 Å². The molecule has 0 spiro atoms. The first kappa shape index (κ1) is 18.4. The van der Waals surface area contributed by atoms with Gasteiger partial charge in [0.25, 0.3) is 0 Å². The van der Waals surface area contributed by atoms with Crippen LogP contribution in [-0.2, 0) is 5.41 Å². The molecule has 4 heteroatoms. The van der Waals surface area contributed by atoms with Crippen molar-refractivity contribution in [2.45, 2.75) is 42.9 Å². The van der Waals surface area contributed by atoms with Crippen molar-refractivity contribution in [1.82, 2.24) is 0 Å². The lowest BCUT2D eigenvalue weighted by Crippen LogP contribution is -2.17. The van der Waals surface area contributed by atoms with Crippen LogP contribution >= 0.6 is 23.2 Å². The summed E-state index contributed by atoms with van der Waals surface area (Å²) in [4.78, 5) is 0. The Labute approximate surface area is 160 Å². The number of ether oxygens (including phenoxy) is 2. The average Bonchev–Trinajstić information content (AvgIpc) is 3.22. The van der Waals surface area contributed by atoms with E-state index < -0.39 is 4.33 Å². The van der Waals surface area contributed by atoms with E-state index in [1.165, 1.54) is 0 Å². The van der Waals surface area contributed by atoms with Crippen LogP contribution in [0.1, 0.15) is 44.2 Å². The van der Waals surface area contributed by atoms with Gasteiger partial charge in [0.1, 0.15) is 15.8 Å². The van der Waals surface area contributed by atoms with Gasteiger partial charge in [-0.05, 0) is 54.7 Å². The predicted octanol–water partition coefficient (Wildman–Crippen LogP) is 6.13. The van der Waals surface area contributed by atoms with Gasteiger partial charge in [-0.1, -0.05) is 38.1 Å². The molecular weight excluding hydrogens is 355 g/mol. The molecule has 3 rings (SSSR count). The zero-order valence-electron chi connectivity index (χ0n) is 14.7. The summed E-state index contributed by atoms with van der Waals surface area (Å²) in [5.41, 5.74) is 1.86. The van der Waals surface area contributed by atoms with Gasteiger partial charge in [0.15, 0.2) is 0 Å². The molecule has 2 aromatic carbocycles. The van der Waals surface area contributed by atoms with E-state index in [4.69, 9.17) is 32.7 Å². The molecule has 0 aliphatic heterocycles. The van der Waals surface area contributed by atoms with Crippen LogP contribution in [0, 0.1) is 0 Å². The SMILES string of the molecule is CCCOc1ccc(C2(c3ccc(OCCC)cc3)CC2(Cl)Cl)cc1. The first-order chi connectivity index (χ1) is 12.0. The van der Waals surface area contributed by atoms with Crippen molar-refractivity contribution in [2.24, 2.45) is 0 Å². The van der Waals surface area contributed by atoms with Crippen molar-refractivity contribution in [1.29, 1.82) is 0 Å². The minimum absolute atomic E-state index is 0.372.